The summed E-state index contributed by atoms with van der Waals surface area (Å²) in [6, 6.07) is 0.984. The Balaban J connectivity index is 0.000000412. The van der Waals surface area contributed by atoms with E-state index in [4.69, 9.17) is 99.5 Å². The quantitative estimate of drug-likeness (QED) is 0.0153. The van der Waals surface area contributed by atoms with E-state index in [1.807, 2.05) is 11.8 Å². The maximum absolute atomic E-state index is 12.8. The van der Waals surface area contributed by atoms with Crippen LogP contribution in [-0.4, -0.2) is 507 Å². The number of aliphatic hydroxyl groups is 16. The number of carboxylic acid groups (broad SMARTS) is 4. The van der Waals surface area contributed by atoms with Crippen molar-refractivity contribution in [3.05, 3.63) is 12.4 Å². The highest BCUT2D eigenvalue weighted by molar-refractivity contribution is 8.00. The summed E-state index contributed by atoms with van der Waals surface area (Å²) >= 11 is 2.02. The van der Waals surface area contributed by atoms with Gasteiger partial charge in [-0.25, -0.2) is 24.1 Å². The fourth-order valence-electron chi connectivity index (χ4n) is 17.9. The van der Waals surface area contributed by atoms with Gasteiger partial charge in [0, 0.05) is 86.3 Å². The summed E-state index contributed by atoms with van der Waals surface area (Å²) in [6.07, 6.45) is -59.3. The van der Waals surface area contributed by atoms with E-state index in [2.05, 4.69) is 39.7 Å². The van der Waals surface area contributed by atoms with Gasteiger partial charge in [0.25, 0.3) is 0 Å². The molecule has 1 aliphatic carbocycles. The van der Waals surface area contributed by atoms with Crippen LogP contribution < -0.4 is 21.3 Å². The minimum absolute atomic E-state index is 0.0366. The molecule has 10 aliphatic rings. The number of fused-ring (bicyclic) bond motifs is 1. The van der Waals surface area contributed by atoms with Crippen molar-refractivity contribution in [2.75, 3.05) is 131 Å². The maximum atomic E-state index is 12.8. The Kier molecular flexibility index (Phi) is 50.3. The number of hydrogen-bond acceptors (Lipinski definition) is 48. The normalized spacial score (nSPS) is 40.3. The second-order valence-electron chi connectivity index (χ2n) is 36.2. The third kappa shape index (κ3) is 32.5. The molecule has 0 aromatic heterocycles. The number of rotatable bonds is 56. The number of aliphatic carboxylic acids is 4. The molecule has 54 heteroatoms. The summed E-state index contributed by atoms with van der Waals surface area (Å²) in [6.45, 7) is 16.4. The summed E-state index contributed by atoms with van der Waals surface area (Å²) in [5.74, 6) is -10.8. The monoisotopic (exact) mass is 2060 g/mol. The van der Waals surface area contributed by atoms with Crippen molar-refractivity contribution in [2.45, 2.75) is 338 Å². The molecule has 53 nitrogen and oxygen atoms in total. The highest BCUT2D eigenvalue weighted by Gasteiger charge is 2.62. The molecule has 0 spiro atoms. The van der Waals surface area contributed by atoms with Gasteiger partial charge in [0.15, 0.2) is 74.6 Å². The fourth-order valence-corrected chi connectivity index (χ4v) is 19.5. The Morgan fingerprint density at radius 1 is 0.383 bits per heavy atom. The molecular weight excluding hydrogens is 1920 g/mol. The maximum Gasteiger partial charge on any atom is 0.335 e. The van der Waals surface area contributed by atoms with Crippen LogP contribution in [0.1, 0.15) is 106 Å². The van der Waals surface area contributed by atoms with E-state index in [1.165, 1.54) is 34.6 Å². The molecule has 43 atom stereocenters. The average Bonchev–Trinajstić information content (AvgIpc) is 1.26. The van der Waals surface area contributed by atoms with E-state index in [0.29, 0.717) is 116 Å². The van der Waals surface area contributed by atoms with Gasteiger partial charge >= 0.3 is 23.9 Å². The van der Waals surface area contributed by atoms with Crippen molar-refractivity contribution in [1.29, 1.82) is 0 Å². The van der Waals surface area contributed by atoms with Crippen LogP contribution in [0.2, 0.25) is 0 Å². The molecule has 1 saturated carbocycles. The summed E-state index contributed by atoms with van der Waals surface area (Å²) in [5.41, 5.74) is 0. The van der Waals surface area contributed by atoms with Gasteiger partial charge in [-0.2, -0.15) is 11.8 Å². The zero-order valence-corrected chi connectivity index (χ0v) is 80.3. The molecule has 816 valence electrons. The van der Waals surface area contributed by atoms with E-state index in [0.717, 1.165) is 63.1 Å². The van der Waals surface area contributed by atoms with Crippen LogP contribution in [0.4, 0.5) is 0 Å². The number of nitrogens with one attached hydrogen (secondary N) is 4. The van der Waals surface area contributed by atoms with Gasteiger partial charge in [-0.05, 0) is 39.0 Å². The molecule has 10 rings (SSSR count). The third-order valence-corrected chi connectivity index (χ3v) is 27.8. The van der Waals surface area contributed by atoms with Crippen molar-refractivity contribution in [1.82, 2.24) is 21.3 Å². The van der Waals surface area contributed by atoms with Crippen molar-refractivity contribution in [2.24, 2.45) is 29.6 Å². The SMILES string of the molecule is C=C1N[C@H]2CSC(CCCCC(=O)NCCCOCCOCCOCCOCCOCCOCCC(=O)NCCCCC)[C@H]2N1.CCOC1OC(C(=O)O)C(OC2OC(CO)C(OC3OC(C(=O)O)C(OC4OC(CO)C(OC5OC(C(=O)O)C(OC6OC(CO)C(OC7OC(C(=O)O)C(OC8CC(CO)C(O)C(O)C8C)C(O)C7O)C(O)C6C)C(O)C5O)C(O)C4C)C(O)C3O)C(O)C2C)C(O)C1OO. The number of amides is 2. The van der Waals surface area contributed by atoms with Crippen LogP contribution in [0, 0.1) is 29.6 Å². The first-order valence-electron chi connectivity index (χ1n) is 47.8. The molecule has 9 heterocycles. The Bertz CT molecular complexity index is 3700. The summed E-state index contributed by atoms with van der Waals surface area (Å²) in [4.78, 5) is 78.4. The topological polar surface area (TPSA) is 778 Å². The van der Waals surface area contributed by atoms with Crippen LogP contribution in [0.15, 0.2) is 12.4 Å². The van der Waals surface area contributed by atoms with Gasteiger partial charge in [0.1, 0.15) is 104 Å². The van der Waals surface area contributed by atoms with Crippen molar-refractivity contribution in [3.8, 4) is 0 Å². The smallest absolute Gasteiger partial charge is 0.335 e. The van der Waals surface area contributed by atoms with E-state index in [9.17, 15) is 136 Å². The fraction of sp³-hybridized carbons (Fsp3) is 0.908. The minimum Gasteiger partial charge on any atom is -0.479 e. The number of carbonyl (C=O) groups excluding carboxylic acids is 2. The van der Waals surface area contributed by atoms with E-state index < -0.39 is 295 Å². The summed E-state index contributed by atoms with van der Waals surface area (Å²) in [7, 11) is 0. The van der Waals surface area contributed by atoms with Crippen LogP contribution in [0.3, 0.4) is 0 Å². The van der Waals surface area contributed by atoms with E-state index in [1.54, 1.807) is 0 Å². The Morgan fingerprint density at radius 3 is 1.15 bits per heavy atom. The number of carboxylic acids is 4. The van der Waals surface area contributed by atoms with Crippen LogP contribution in [0.25, 0.3) is 0 Å². The Labute approximate surface area is 817 Å². The van der Waals surface area contributed by atoms with Gasteiger partial charge in [-0.15, -0.1) is 0 Å². The molecule has 25 N–H and O–H groups in total. The van der Waals surface area contributed by atoms with Gasteiger partial charge in [0.2, 0.25) is 11.8 Å². The van der Waals surface area contributed by atoms with Crippen LogP contribution >= 0.6 is 11.8 Å². The number of hydrogen-bond donors (Lipinski definition) is 25. The lowest BCUT2D eigenvalue weighted by Crippen LogP contribution is -2.67. The number of thioether (sulfide) groups is 1. The molecule has 141 heavy (non-hydrogen) atoms. The van der Waals surface area contributed by atoms with E-state index >= 15 is 0 Å². The Hall–Kier alpha value is -5.05. The zero-order valence-electron chi connectivity index (χ0n) is 79.5. The lowest BCUT2D eigenvalue weighted by atomic mass is 9.76. The molecule has 9 aliphatic heterocycles. The predicted octanol–water partition coefficient (Wildman–Crippen LogP) is -8.41. The summed E-state index contributed by atoms with van der Waals surface area (Å²) < 4.78 is 118. The van der Waals surface area contributed by atoms with Gasteiger partial charge in [0.05, 0.1) is 147 Å². The second kappa shape index (κ2) is 59.4. The lowest BCUT2D eigenvalue weighted by Gasteiger charge is -2.50. The predicted molar refractivity (Wildman–Crippen MR) is 471 cm³/mol. The largest absolute Gasteiger partial charge is 0.479 e. The molecule has 9 saturated heterocycles. The molecule has 2 amide bonds. The number of aliphatic hydroxyl groups excluding tert-OH is 16. The zero-order chi connectivity index (χ0) is 103. The van der Waals surface area contributed by atoms with Crippen molar-refractivity contribution in [3.63, 3.8) is 0 Å². The van der Waals surface area contributed by atoms with E-state index in [-0.39, 0.29) is 24.8 Å². The van der Waals surface area contributed by atoms with Gasteiger partial charge in [-0.1, -0.05) is 60.5 Å². The van der Waals surface area contributed by atoms with Crippen LogP contribution in [-0.2, 0) is 133 Å². The first kappa shape index (κ1) is 119. The second-order valence-corrected chi connectivity index (χ2v) is 37.5. The molecule has 0 radical (unpaired) electrons. The standard InChI is InChI=1S/C55H88O41.C32H60N4O8S/c1-6-81-55-40(96-80)32(71)39(44(95-55)48(78)79)91-51-15(5)24(63)35(20(11-59)85-51)88-54-31(70)28(67)38(43(94-54)47(76)77)90-50-14(4)23(62)34(19(10-58)84-50)87-53-30(69)27(66)37(42(93-53)46(74)75)89-49-13(3)22(61)33(18(9-57)83-49)86-52-29(68)26(65)36(41(92-52)45(72)73)82-17-7-16(8-56)25(64)21(60)12(17)2;1-3-4-7-12-33-31(38)11-15-40-17-19-42-21-23-44-25-24-43-22-20-41-18-16-39-14-8-13-34-30(37)10-6-5-9-29-32-28(26-45-29)35-27(2)36-32/h12-44,49-71,80H,6-11H2,1-5H3,(H,72,73)(H,74,75)(H,76,77)(H,78,79);28-29,32,35-36H,2-26H2,1H3,(H,33,38)(H,34,37)/t;28-,29?,32-/m.0/s1. The highest BCUT2D eigenvalue weighted by atomic mass is 32.2. The van der Waals surface area contributed by atoms with Crippen molar-refractivity contribution < 1.29 is 241 Å². The third-order valence-electron chi connectivity index (χ3n) is 26.3. The number of unbranched alkanes of at least 4 members (excludes halogenated alkanes) is 3. The molecule has 0 bridgehead atoms. The van der Waals surface area contributed by atoms with Gasteiger partial charge in [-0.3, -0.25) is 14.8 Å². The Morgan fingerprint density at radius 2 is 0.759 bits per heavy atom. The average molecular weight is 2070 g/mol. The molecule has 0 aromatic rings. The minimum atomic E-state index is -2.33. The highest BCUT2D eigenvalue weighted by Crippen LogP contribution is 2.43. The summed E-state index contributed by atoms with van der Waals surface area (Å²) in [5, 5.41) is 240. The van der Waals surface area contributed by atoms with Crippen LogP contribution in [0.5, 0.6) is 0 Å². The molecule has 10 fully saturated rings. The lowest BCUT2D eigenvalue weighted by molar-refractivity contribution is -0.403. The van der Waals surface area contributed by atoms with Gasteiger partial charge < -0.3 is 223 Å². The molecule has 41 unspecified atom stereocenters. The molecular formula is C87H148N4O49S. The first-order valence-corrected chi connectivity index (χ1v) is 48.9. The first-order chi connectivity index (χ1) is 67.4. The number of carbonyl (C=O) groups is 6. The van der Waals surface area contributed by atoms with Crippen molar-refractivity contribution >= 4 is 47.5 Å². The molecule has 0 aromatic carbocycles. The number of ether oxygens (including phenoxy) is 21.